The van der Waals surface area contributed by atoms with Crippen molar-refractivity contribution in [2.45, 2.75) is 31.2 Å². The Morgan fingerprint density at radius 3 is 2.59 bits per heavy atom. The molecule has 1 aromatic heterocycles. The molecule has 0 radical (unpaired) electrons. The van der Waals surface area contributed by atoms with Crippen LogP contribution in [-0.4, -0.2) is 23.0 Å². The van der Waals surface area contributed by atoms with Gasteiger partial charge in [0, 0.05) is 35.2 Å². The van der Waals surface area contributed by atoms with Crippen molar-refractivity contribution in [2.24, 2.45) is 5.41 Å². The number of amides is 1. The molecule has 1 fully saturated rings. The van der Waals surface area contributed by atoms with Crippen LogP contribution in [-0.2, 0) is 20.9 Å². The number of ether oxygens (including phenoxy) is 2. The van der Waals surface area contributed by atoms with Gasteiger partial charge in [0.1, 0.15) is 21.9 Å². The van der Waals surface area contributed by atoms with E-state index in [1.54, 1.807) is 26.0 Å². The minimum atomic E-state index is -1.13. The van der Waals surface area contributed by atoms with Gasteiger partial charge in [-0.25, -0.2) is 9.59 Å². The summed E-state index contributed by atoms with van der Waals surface area (Å²) in [4.78, 5) is 35.6. The second kappa shape index (κ2) is 7.05. The molecule has 1 amide bonds. The topological polar surface area (TPSA) is 94.8 Å². The first-order valence-electron chi connectivity index (χ1n) is 8.22. The Morgan fingerprint density at radius 2 is 1.96 bits per heavy atom. The number of nitrogens with one attached hydrogen (secondary N) is 1. The number of hydrogen-bond donors (Lipinski definition) is 1. The summed E-state index contributed by atoms with van der Waals surface area (Å²) in [5, 5.41) is 3.09. The first-order valence-corrected chi connectivity index (χ1v) is 8.97. The van der Waals surface area contributed by atoms with E-state index in [0.717, 1.165) is 0 Å². The molecule has 144 valence electrons. The number of benzene rings is 1. The molecule has 9 heteroatoms. The molecule has 0 spiro atoms. The first kappa shape index (κ1) is 19.5. The van der Waals surface area contributed by atoms with E-state index in [-0.39, 0.29) is 18.8 Å². The molecule has 1 N–H and O–H groups in total. The standard InChI is InChI=1S/C18H17Cl2NO6/c1-3-25-16(24)21-11-4-5-12-10(6-14(22)27-13(12)7-11)8-26-15(23)17(2)9-18(17,19)20/h4-7H,3,8-9H2,1-2H3,(H,21,24)/t17-/m1/s1. The van der Waals surface area contributed by atoms with Crippen molar-refractivity contribution in [1.29, 1.82) is 0 Å². The second-order valence-electron chi connectivity index (χ2n) is 6.44. The Hall–Kier alpha value is -2.25. The van der Waals surface area contributed by atoms with Gasteiger partial charge in [0.15, 0.2) is 0 Å². The number of rotatable bonds is 5. The fraction of sp³-hybridized carbons (Fsp3) is 0.389. The molecule has 3 rings (SSSR count). The monoisotopic (exact) mass is 413 g/mol. The van der Waals surface area contributed by atoms with Crippen LogP contribution in [0.2, 0.25) is 0 Å². The zero-order valence-electron chi connectivity index (χ0n) is 14.6. The molecule has 0 bridgehead atoms. The third-order valence-corrected chi connectivity index (χ3v) is 5.52. The van der Waals surface area contributed by atoms with Crippen LogP contribution in [0.4, 0.5) is 10.5 Å². The van der Waals surface area contributed by atoms with Crippen molar-refractivity contribution >= 4 is 51.9 Å². The maximum atomic E-state index is 12.2. The third kappa shape index (κ3) is 3.89. The molecule has 2 aromatic rings. The number of fused-ring (bicyclic) bond motifs is 1. The predicted molar refractivity (Wildman–Crippen MR) is 100 cm³/mol. The lowest BCUT2D eigenvalue weighted by molar-refractivity contribution is -0.150. The molecule has 0 aliphatic heterocycles. The van der Waals surface area contributed by atoms with Gasteiger partial charge in [-0.05, 0) is 26.0 Å². The van der Waals surface area contributed by atoms with Gasteiger partial charge < -0.3 is 13.9 Å². The van der Waals surface area contributed by atoms with Crippen LogP contribution in [0.3, 0.4) is 0 Å². The van der Waals surface area contributed by atoms with Crippen molar-refractivity contribution in [2.75, 3.05) is 11.9 Å². The lowest BCUT2D eigenvalue weighted by atomic mass is 10.1. The van der Waals surface area contributed by atoms with Gasteiger partial charge in [-0.15, -0.1) is 23.2 Å². The number of alkyl halides is 2. The lowest BCUT2D eigenvalue weighted by Gasteiger charge is -2.13. The van der Waals surface area contributed by atoms with Gasteiger partial charge in [0.25, 0.3) is 0 Å². The SMILES string of the molecule is CCOC(=O)Nc1ccc2c(COC(=O)[C@@]3(C)CC3(Cl)Cl)cc(=O)oc2c1. The fourth-order valence-corrected chi connectivity index (χ4v) is 3.32. The van der Waals surface area contributed by atoms with Crippen LogP contribution in [0.25, 0.3) is 11.0 Å². The van der Waals surface area contributed by atoms with Gasteiger partial charge in [0.2, 0.25) is 0 Å². The summed E-state index contributed by atoms with van der Waals surface area (Å²) in [6.45, 7) is 3.41. The van der Waals surface area contributed by atoms with E-state index in [9.17, 15) is 14.4 Å². The quantitative estimate of drug-likeness (QED) is 0.452. The van der Waals surface area contributed by atoms with E-state index < -0.39 is 27.4 Å². The van der Waals surface area contributed by atoms with Crippen molar-refractivity contribution < 1.29 is 23.5 Å². The summed E-state index contributed by atoms with van der Waals surface area (Å²) in [7, 11) is 0. The van der Waals surface area contributed by atoms with Gasteiger partial charge in [0.05, 0.1) is 6.61 Å². The zero-order valence-corrected chi connectivity index (χ0v) is 16.1. The van der Waals surface area contributed by atoms with Crippen LogP contribution in [0.5, 0.6) is 0 Å². The van der Waals surface area contributed by atoms with Crippen molar-refractivity contribution in [1.82, 2.24) is 0 Å². The molecule has 1 heterocycles. The molecule has 1 aliphatic carbocycles. The van der Waals surface area contributed by atoms with Crippen LogP contribution in [0, 0.1) is 5.41 Å². The van der Waals surface area contributed by atoms with E-state index >= 15 is 0 Å². The number of carbonyl (C=O) groups excluding carboxylic acids is 2. The maximum Gasteiger partial charge on any atom is 0.411 e. The Bertz CT molecular complexity index is 970. The van der Waals surface area contributed by atoms with Gasteiger partial charge in [-0.3, -0.25) is 10.1 Å². The second-order valence-corrected chi connectivity index (χ2v) is 7.92. The Morgan fingerprint density at radius 1 is 1.26 bits per heavy atom. The molecule has 1 aliphatic rings. The minimum absolute atomic E-state index is 0.134. The Balaban J connectivity index is 1.80. The number of esters is 1. The molecule has 0 unspecified atom stereocenters. The molecule has 1 atom stereocenters. The van der Waals surface area contributed by atoms with Crippen molar-refractivity contribution in [3.63, 3.8) is 0 Å². The first-order chi connectivity index (χ1) is 12.7. The molecule has 0 saturated heterocycles. The fourth-order valence-electron chi connectivity index (χ4n) is 2.64. The van der Waals surface area contributed by atoms with E-state index in [1.807, 2.05) is 0 Å². The van der Waals surface area contributed by atoms with E-state index in [2.05, 4.69) is 5.32 Å². The number of halogens is 2. The normalized spacial score (nSPS) is 20.1. The van der Waals surface area contributed by atoms with Gasteiger partial charge >= 0.3 is 17.7 Å². The average Bonchev–Trinajstić information content (AvgIpc) is 3.11. The Kier molecular flexibility index (Phi) is 5.10. The smallest absolute Gasteiger partial charge is 0.411 e. The summed E-state index contributed by atoms with van der Waals surface area (Å²) >= 11 is 12.0. The highest BCUT2D eigenvalue weighted by Crippen LogP contribution is 2.64. The summed E-state index contributed by atoms with van der Waals surface area (Å²) in [6.07, 6.45) is -0.310. The summed E-state index contributed by atoms with van der Waals surface area (Å²) < 4.78 is 14.1. The number of anilines is 1. The van der Waals surface area contributed by atoms with Crippen LogP contribution >= 0.6 is 23.2 Å². The number of carbonyl (C=O) groups is 2. The highest BCUT2D eigenvalue weighted by molar-refractivity contribution is 6.53. The predicted octanol–water partition coefficient (Wildman–Crippen LogP) is 3.99. The van der Waals surface area contributed by atoms with Crippen LogP contribution in [0.1, 0.15) is 25.8 Å². The van der Waals surface area contributed by atoms with E-state index in [4.69, 9.17) is 37.1 Å². The average molecular weight is 414 g/mol. The zero-order chi connectivity index (χ0) is 19.8. The minimum Gasteiger partial charge on any atom is -0.460 e. The molecule has 1 aromatic carbocycles. The van der Waals surface area contributed by atoms with E-state index in [1.165, 1.54) is 12.1 Å². The van der Waals surface area contributed by atoms with Crippen LogP contribution in [0.15, 0.2) is 33.5 Å². The molecular formula is C18H17Cl2NO6. The maximum absolute atomic E-state index is 12.2. The third-order valence-electron chi connectivity index (χ3n) is 4.42. The summed E-state index contributed by atoms with van der Waals surface area (Å²) in [5.74, 6) is -0.533. The molecule has 27 heavy (non-hydrogen) atoms. The van der Waals surface area contributed by atoms with Crippen LogP contribution < -0.4 is 10.9 Å². The highest BCUT2D eigenvalue weighted by atomic mass is 35.5. The number of hydrogen-bond acceptors (Lipinski definition) is 6. The largest absolute Gasteiger partial charge is 0.460 e. The van der Waals surface area contributed by atoms with Crippen molar-refractivity contribution in [3.05, 3.63) is 40.2 Å². The molecule has 1 saturated carbocycles. The summed E-state index contributed by atoms with van der Waals surface area (Å²) in [5.41, 5.74) is -0.454. The van der Waals surface area contributed by atoms with Gasteiger partial charge in [-0.1, -0.05) is 0 Å². The molecule has 7 nitrogen and oxygen atoms in total. The Labute approximate surface area is 164 Å². The van der Waals surface area contributed by atoms with E-state index in [0.29, 0.717) is 23.1 Å². The van der Waals surface area contributed by atoms with Crippen molar-refractivity contribution in [3.8, 4) is 0 Å². The highest BCUT2D eigenvalue weighted by Gasteiger charge is 2.69. The lowest BCUT2D eigenvalue weighted by Crippen LogP contribution is -2.21. The molecular weight excluding hydrogens is 397 g/mol. The van der Waals surface area contributed by atoms with Gasteiger partial charge in [-0.2, -0.15) is 0 Å². The summed E-state index contributed by atoms with van der Waals surface area (Å²) in [6, 6.07) is 6.01.